The van der Waals surface area contributed by atoms with Gasteiger partial charge in [0.05, 0.1) is 12.7 Å². The van der Waals surface area contributed by atoms with Crippen LogP contribution >= 0.6 is 12.4 Å². The fraction of sp³-hybridized carbons (Fsp3) is 0.500. The predicted molar refractivity (Wildman–Crippen MR) is 79.9 cm³/mol. The fourth-order valence-electron chi connectivity index (χ4n) is 2.06. The van der Waals surface area contributed by atoms with Gasteiger partial charge in [-0.15, -0.1) is 12.4 Å². The van der Waals surface area contributed by atoms with E-state index in [-0.39, 0.29) is 35.5 Å². The Labute approximate surface area is 133 Å². The first-order valence-electron chi connectivity index (χ1n) is 6.68. The Morgan fingerprint density at radius 3 is 2.68 bits per heavy atom. The Morgan fingerprint density at radius 2 is 2.14 bits per heavy atom. The van der Waals surface area contributed by atoms with Crippen LogP contribution in [0.2, 0.25) is 0 Å². The third-order valence-electron chi connectivity index (χ3n) is 3.38. The van der Waals surface area contributed by atoms with E-state index < -0.39 is 12.5 Å². The van der Waals surface area contributed by atoms with Crippen LogP contribution in [0.15, 0.2) is 18.2 Å². The summed E-state index contributed by atoms with van der Waals surface area (Å²) in [6.45, 7) is -2.74. The molecule has 2 rings (SSSR count). The molecule has 22 heavy (non-hydrogen) atoms. The minimum absolute atomic E-state index is 0. The number of rotatable bonds is 7. The van der Waals surface area contributed by atoms with E-state index in [4.69, 9.17) is 10.5 Å². The molecule has 1 fully saturated rings. The monoisotopic (exact) mass is 336 g/mol. The van der Waals surface area contributed by atoms with Crippen molar-refractivity contribution < 1.29 is 23.0 Å². The standard InChI is InChI=1S/C14H18F2N2O3.ClH/c1-20-11-4-2-3-9(12(11)21-14(15)16)13(19)18-7-10(17)8-5-6-8;/h2-4,8,10,14H,5-7,17H2,1H3,(H,18,19);1H. The molecule has 1 aromatic carbocycles. The molecule has 3 N–H and O–H groups in total. The van der Waals surface area contributed by atoms with E-state index in [2.05, 4.69) is 10.1 Å². The van der Waals surface area contributed by atoms with E-state index >= 15 is 0 Å². The molecule has 1 amide bonds. The molecule has 0 bridgehead atoms. The highest BCUT2D eigenvalue weighted by Crippen LogP contribution is 2.33. The minimum atomic E-state index is -3.04. The third kappa shape index (κ3) is 4.71. The normalized spacial score (nSPS) is 15.0. The maximum Gasteiger partial charge on any atom is 0.387 e. The summed E-state index contributed by atoms with van der Waals surface area (Å²) in [5.41, 5.74) is 5.89. The van der Waals surface area contributed by atoms with Crippen molar-refractivity contribution >= 4 is 18.3 Å². The number of para-hydroxylation sites is 1. The largest absolute Gasteiger partial charge is 0.493 e. The van der Waals surface area contributed by atoms with E-state index in [1.54, 1.807) is 0 Å². The third-order valence-corrected chi connectivity index (χ3v) is 3.38. The number of methoxy groups -OCH3 is 1. The van der Waals surface area contributed by atoms with Gasteiger partial charge < -0.3 is 20.5 Å². The Hall–Kier alpha value is -1.60. The summed E-state index contributed by atoms with van der Waals surface area (Å²) in [7, 11) is 1.32. The lowest BCUT2D eigenvalue weighted by Gasteiger charge is -2.15. The van der Waals surface area contributed by atoms with E-state index in [1.807, 2.05) is 0 Å². The molecule has 0 aliphatic heterocycles. The highest BCUT2D eigenvalue weighted by molar-refractivity contribution is 5.97. The summed E-state index contributed by atoms with van der Waals surface area (Å²) in [5, 5.41) is 2.64. The van der Waals surface area contributed by atoms with Gasteiger partial charge >= 0.3 is 6.61 Å². The summed E-state index contributed by atoms with van der Waals surface area (Å²) in [4.78, 5) is 12.1. The summed E-state index contributed by atoms with van der Waals surface area (Å²) in [5.74, 6) is -0.269. The zero-order valence-corrected chi connectivity index (χ0v) is 12.9. The maximum atomic E-state index is 12.5. The number of carbonyl (C=O) groups excluding carboxylic acids is 1. The molecule has 5 nitrogen and oxygen atoms in total. The van der Waals surface area contributed by atoms with Crippen molar-refractivity contribution in [2.45, 2.75) is 25.5 Å². The number of nitrogens with two attached hydrogens (primary N) is 1. The molecule has 0 radical (unpaired) electrons. The molecule has 1 unspecified atom stereocenters. The summed E-state index contributed by atoms with van der Waals surface area (Å²) < 4.78 is 34.3. The fourth-order valence-corrected chi connectivity index (χ4v) is 2.06. The van der Waals surface area contributed by atoms with Crippen LogP contribution in [-0.4, -0.2) is 32.2 Å². The molecule has 1 aromatic rings. The van der Waals surface area contributed by atoms with Gasteiger partial charge in [0, 0.05) is 12.6 Å². The van der Waals surface area contributed by atoms with Crippen molar-refractivity contribution in [1.29, 1.82) is 0 Å². The number of hydrogen-bond donors (Lipinski definition) is 2. The first-order chi connectivity index (χ1) is 10.0. The van der Waals surface area contributed by atoms with Crippen molar-refractivity contribution in [3.05, 3.63) is 23.8 Å². The van der Waals surface area contributed by atoms with Gasteiger partial charge in [-0.05, 0) is 30.9 Å². The maximum absolute atomic E-state index is 12.5. The van der Waals surface area contributed by atoms with Gasteiger partial charge in [-0.3, -0.25) is 4.79 Å². The number of carbonyl (C=O) groups is 1. The number of amides is 1. The van der Waals surface area contributed by atoms with Crippen LogP contribution in [-0.2, 0) is 0 Å². The van der Waals surface area contributed by atoms with Crippen LogP contribution < -0.4 is 20.5 Å². The van der Waals surface area contributed by atoms with Gasteiger partial charge in [-0.2, -0.15) is 8.78 Å². The van der Waals surface area contributed by atoms with Gasteiger partial charge in [0.15, 0.2) is 11.5 Å². The van der Waals surface area contributed by atoms with Crippen LogP contribution in [0.3, 0.4) is 0 Å². The quantitative estimate of drug-likeness (QED) is 0.800. The van der Waals surface area contributed by atoms with Gasteiger partial charge in [0.1, 0.15) is 0 Å². The van der Waals surface area contributed by atoms with Gasteiger partial charge in [-0.25, -0.2) is 0 Å². The Bertz CT molecular complexity index is 513. The lowest BCUT2D eigenvalue weighted by molar-refractivity contribution is -0.0515. The Morgan fingerprint density at radius 1 is 1.45 bits per heavy atom. The number of ether oxygens (including phenoxy) is 2. The highest BCUT2D eigenvalue weighted by atomic mass is 35.5. The molecule has 1 atom stereocenters. The van der Waals surface area contributed by atoms with E-state index in [0.29, 0.717) is 12.5 Å². The number of benzene rings is 1. The van der Waals surface area contributed by atoms with Crippen molar-refractivity contribution in [2.75, 3.05) is 13.7 Å². The zero-order chi connectivity index (χ0) is 15.4. The Balaban J connectivity index is 0.00000242. The first-order valence-corrected chi connectivity index (χ1v) is 6.68. The lowest BCUT2D eigenvalue weighted by atomic mass is 10.1. The van der Waals surface area contributed by atoms with Gasteiger partial charge in [0.2, 0.25) is 0 Å². The van der Waals surface area contributed by atoms with Crippen LogP contribution in [0.5, 0.6) is 11.5 Å². The lowest BCUT2D eigenvalue weighted by Crippen LogP contribution is -2.38. The van der Waals surface area contributed by atoms with E-state index in [9.17, 15) is 13.6 Å². The van der Waals surface area contributed by atoms with Gasteiger partial charge in [0.25, 0.3) is 5.91 Å². The second-order valence-electron chi connectivity index (χ2n) is 4.93. The molecule has 0 heterocycles. The van der Waals surface area contributed by atoms with E-state index in [0.717, 1.165) is 12.8 Å². The topological polar surface area (TPSA) is 73.6 Å². The Kier molecular flexibility index (Phi) is 6.83. The first kappa shape index (κ1) is 18.4. The van der Waals surface area contributed by atoms with Crippen LogP contribution in [0.25, 0.3) is 0 Å². The average Bonchev–Trinajstić information content (AvgIpc) is 3.28. The highest BCUT2D eigenvalue weighted by Gasteiger charge is 2.29. The van der Waals surface area contributed by atoms with Crippen molar-refractivity contribution in [1.82, 2.24) is 5.32 Å². The molecule has 0 spiro atoms. The average molecular weight is 337 g/mol. The number of hydrogen-bond acceptors (Lipinski definition) is 4. The molecule has 1 aliphatic carbocycles. The second-order valence-corrected chi connectivity index (χ2v) is 4.93. The van der Waals surface area contributed by atoms with Crippen LogP contribution in [0.4, 0.5) is 8.78 Å². The van der Waals surface area contributed by atoms with Crippen LogP contribution in [0.1, 0.15) is 23.2 Å². The predicted octanol–water partition coefficient (Wildman–Crippen LogP) is 2.19. The van der Waals surface area contributed by atoms with Crippen molar-refractivity contribution in [3.63, 3.8) is 0 Å². The second kappa shape index (κ2) is 8.14. The van der Waals surface area contributed by atoms with Gasteiger partial charge in [-0.1, -0.05) is 6.07 Å². The smallest absolute Gasteiger partial charge is 0.387 e. The minimum Gasteiger partial charge on any atom is -0.493 e. The van der Waals surface area contributed by atoms with Crippen LogP contribution in [0, 0.1) is 5.92 Å². The summed E-state index contributed by atoms with van der Waals surface area (Å²) in [6.07, 6.45) is 2.13. The van der Waals surface area contributed by atoms with Crippen molar-refractivity contribution in [2.24, 2.45) is 11.7 Å². The summed E-state index contributed by atoms with van der Waals surface area (Å²) in [6, 6.07) is 4.27. The molecule has 0 saturated heterocycles. The molecule has 124 valence electrons. The molecular weight excluding hydrogens is 318 g/mol. The zero-order valence-electron chi connectivity index (χ0n) is 12.1. The molecular formula is C14H19ClF2N2O3. The number of nitrogens with one attached hydrogen (secondary N) is 1. The van der Waals surface area contributed by atoms with Crippen molar-refractivity contribution in [3.8, 4) is 11.5 Å². The number of alkyl halides is 2. The molecule has 1 aliphatic rings. The molecule has 0 aromatic heterocycles. The molecule has 1 saturated carbocycles. The molecule has 8 heteroatoms. The SMILES string of the molecule is COc1cccc(C(=O)NCC(N)C2CC2)c1OC(F)F.Cl. The summed E-state index contributed by atoms with van der Waals surface area (Å²) >= 11 is 0. The number of halogens is 3. The van der Waals surface area contributed by atoms with E-state index in [1.165, 1.54) is 25.3 Å².